The fourth-order valence-electron chi connectivity index (χ4n) is 2.84. The SMILES string of the molecule is CCC1CN(c2nc3sccn3c2CN)CCN1C. The van der Waals surface area contributed by atoms with Crippen molar-refractivity contribution in [3.8, 4) is 0 Å². The predicted octanol–water partition coefficient (Wildman–Crippen LogP) is 1.38. The maximum absolute atomic E-state index is 5.93. The first-order chi connectivity index (χ1) is 9.24. The monoisotopic (exact) mass is 279 g/mol. The lowest BCUT2D eigenvalue weighted by atomic mass is 10.1. The summed E-state index contributed by atoms with van der Waals surface area (Å²) in [5, 5.41) is 2.06. The average molecular weight is 279 g/mol. The van der Waals surface area contributed by atoms with Crippen LogP contribution in [0, 0.1) is 0 Å². The molecule has 2 aromatic heterocycles. The number of thiazole rings is 1. The van der Waals surface area contributed by atoms with Crippen molar-refractivity contribution >= 4 is 22.1 Å². The van der Waals surface area contributed by atoms with Crippen molar-refractivity contribution in [3.05, 3.63) is 17.3 Å². The molecule has 1 aliphatic rings. The van der Waals surface area contributed by atoms with E-state index in [1.165, 1.54) is 6.42 Å². The summed E-state index contributed by atoms with van der Waals surface area (Å²) in [5.74, 6) is 1.08. The van der Waals surface area contributed by atoms with Gasteiger partial charge in [0.1, 0.15) is 0 Å². The summed E-state index contributed by atoms with van der Waals surface area (Å²) in [6.45, 7) is 5.96. The fourth-order valence-corrected chi connectivity index (χ4v) is 3.57. The summed E-state index contributed by atoms with van der Waals surface area (Å²) in [5.41, 5.74) is 7.06. The van der Waals surface area contributed by atoms with Crippen LogP contribution in [0.1, 0.15) is 19.0 Å². The first-order valence-corrected chi connectivity index (χ1v) is 7.72. The molecule has 104 valence electrons. The van der Waals surface area contributed by atoms with Crippen molar-refractivity contribution in [2.24, 2.45) is 5.73 Å². The topological polar surface area (TPSA) is 49.8 Å². The van der Waals surface area contributed by atoms with E-state index < -0.39 is 0 Å². The molecule has 0 saturated carbocycles. The zero-order valence-corrected chi connectivity index (χ0v) is 12.4. The smallest absolute Gasteiger partial charge is 0.195 e. The molecule has 0 bridgehead atoms. The molecule has 0 amide bonds. The molecular weight excluding hydrogens is 258 g/mol. The lowest BCUT2D eigenvalue weighted by Crippen LogP contribution is -2.51. The van der Waals surface area contributed by atoms with Crippen LogP contribution in [0.4, 0.5) is 5.82 Å². The van der Waals surface area contributed by atoms with E-state index in [0.29, 0.717) is 12.6 Å². The molecule has 0 spiro atoms. The van der Waals surface area contributed by atoms with Gasteiger partial charge in [-0.15, -0.1) is 11.3 Å². The van der Waals surface area contributed by atoms with Crippen molar-refractivity contribution in [2.75, 3.05) is 31.6 Å². The highest BCUT2D eigenvalue weighted by molar-refractivity contribution is 7.15. The summed E-state index contributed by atoms with van der Waals surface area (Å²) < 4.78 is 2.12. The Balaban J connectivity index is 1.93. The van der Waals surface area contributed by atoms with E-state index in [4.69, 9.17) is 10.7 Å². The van der Waals surface area contributed by atoms with Crippen molar-refractivity contribution in [3.63, 3.8) is 0 Å². The van der Waals surface area contributed by atoms with Crippen molar-refractivity contribution in [1.29, 1.82) is 0 Å². The van der Waals surface area contributed by atoms with Crippen molar-refractivity contribution in [2.45, 2.75) is 25.9 Å². The Hall–Kier alpha value is -1.11. The van der Waals surface area contributed by atoms with Gasteiger partial charge in [0.25, 0.3) is 0 Å². The zero-order valence-electron chi connectivity index (χ0n) is 11.5. The van der Waals surface area contributed by atoms with E-state index >= 15 is 0 Å². The van der Waals surface area contributed by atoms with E-state index in [2.05, 4.69) is 39.7 Å². The first kappa shape index (κ1) is 12.9. The Morgan fingerprint density at radius 3 is 3.05 bits per heavy atom. The Morgan fingerprint density at radius 1 is 1.47 bits per heavy atom. The number of hydrogen-bond acceptors (Lipinski definition) is 5. The number of piperazine rings is 1. The summed E-state index contributed by atoms with van der Waals surface area (Å²) in [7, 11) is 2.21. The minimum absolute atomic E-state index is 0.538. The van der Waals surface area contributed by atoms with Crippen LogP contribution in [-0.2, 0) is 6.54 Å². The number of aromatic nitrogens is 2. The van der Waals surface area contributed by atoms with Crippen LogP contribution in [0.15, 0.2) is 11.6 Å². The van der Waals surface area contributed by atoms with Gasteiger partial charge in [-0.3, -0.25) is 9.30 Å². The van der Waals surface area contributed by atoms with Crippen LogP contribution < -0.4 is 10.6 Å². The number of hydrogen-bond donors (Lipinski definition) is 1. The quantitative estimate of drug-likeness (QED) is 0.922. The molecule has 1 aliphatic heterocycles. The normalized spacial score (nSPS) is 21.4. The van der Waals surface area contributed by atoms with Gasteiger partial charge in [-0.2, -0.15) is 0 Å². The number of fused-ring (bicyclic) bond motifs is 1. The molecule has 2 N–H and O–H groups in total. The van der Waals surface area contributed by atoms with Crippen LogP contribution in [-0.4, -0.2) is 47.0 Å². The number of nitrogens with two attached hydrogens (primary N) is 1. The highest BCUT2D eigenvalue weighted by Crippen LogP contribution is 2.26. The molecule has 19 heavy (non-hydrogen) atoms. The minimum atomic E-state index is 0.538. The van der Waals surface area contributed by atoms with E-state index in [0.717, 1.165) is 36.1 Å². The Kier molecular flexibility index (Phi) is 3.47. The summed E-state index contributed by atoms with van der Waals surface area (Å²) in [6, 6.07) is 0.610. The van der Waals surface area contributed by atoms with Crippen LogP contribution in [0.25, 0.3) is 4.96 Å². The van der Waals surface area contributed by atoms with Gasteiger partial charge in [-0.25, -0.2) is 4.98 Å². The fraction of sp³-hybridized carbons (Fsp3) is 0.615. The van der Waals surface area contributed by atoms with E-state index in [1.807, 2.05) is 0 Å². The molecule has 3 rings (SSSR count). The van der Waals surface area contributed by atoms with Gasteiger partial charge in [0, 0.05) is 43.8 Å². The standard InChI is InChI=1S/C13H21N5S/c1-3-10-9-17(5-4-16(10)2)12-11(8-14)18-6-7-19-13(18)15-12/h6-7,10H,3-5,8-9,14H2,1-2H3. The maximum atomic E-state index is 5.93. The third-order valence-electron chi connectivity index (χ3n) is 4.08. The molecule has 1 atom stereocenters. The number of likely N-dealkylation sites (N-methyl/N-ethyl adjacent to an activating group) is 1. The minimum Gasteiger partial charge on any atom is -0.352 e. The summed E-state index contributed by atoms with van der Waals surface area (Å²) in [6.07, 6.45) is 3.24. The zero-order chi connectivity index (χ0) is 13.4. The Labute approximate surface area is 117 Å². The molecule has 5 nitrogen and oxygen atoms in total. The van der Waals surface area contributed by atoms with Crippen LogP contribution in [0.3, 0.4) is 0 Å². The second-order valence-electron chi connectivity index (χ2n) is 5.13. The largest absolute Gasteiger partial charge is 0.352 e. The third kappa shape index (κ3) is 2.13. The second-order valence-corrected chi connectivity index (χ2v) is 6.00. The number of rotatable bonds is 3. The van der Waals surface area contributed by atoms with E-state index in [9.17, 15) is 0 Å². The average Bonchev–Trinajstić information content (AvgIpc) is 2.99. The van der Waals surface area contributed by atoms with Crippen LogP contribution in [0.5, 0.6) is 0 Å². The molecule has 0 radical (unpaired) electrons. The van der Waals surface area contributed by atoms with Gasteiger partial charge in [-0.1, -0.05) is 6.92 Å². The van der Waals surface area contributed by atoms with Gasteiger partial charge in [-0.05, 0) is 13.5 Å². The molecule has 0 aromatic carbocycles. The van der Waals surface area contributed by atoms with Crippen LogP contribution in [0.2, 0.25) is 0 Å². The molecule has 3 heterocycles. The summed E-state index contributed by atoms with van der Waals surface area (Å²) >= 11 is 1.67. The number of nitrogens with zero attached hydrogens (tertiary/aromatic N) is 4. The molecule has 2 aromatic rings. The molecule has 6 heteroatoms. The molecule has 0 aliphatic carbocycles. The van der Waals surface area contributed by atoms with Gasteiger partial charge in [0.2, 0.25) is 0 Å². The highest BCUT2D eigenvalue weighted by Gasteiger charge is 2.26. The van der Waals surface area contributed by atoms with Gasteiger partial charge in [0.05, 0.1) is 5.69 Å². The molecular formula is C13H21N5S. The lowest BCUT2D eigenvalue weighted by Gasteiger charge is -2.39. The highest BCUT2D eigenvalue weighted by atomic mass is 32.1. The number of imidazole rings is 1. The Morgan fingerprint density at radius 2 is 2.32 bits per heavy atom. The maximum Gasteiger partial charge on any atom is 0.195 e. The predicted molar refractivity (Wildman–Crippen MR) is 79.9 cm³/mol. The van der Waals surface area contributed by atoms with Gasteiger partial charge < -0.3 is 10.6 Å². The van der Waals surface area contributed by atoms with E-state index in [-0.39, 0.29) is 0 Å². The van der Waals surface area contributed by atoms with Gasteiger partial charge in [0.15, 0.2) is 10.8 Å². The first-order valence-electron chi connectivity index (χ1n) is 6.84. The molecule has 1 unspecified atom stereocenters. The number of anilines is 1. The van der Waals surface area contributed by atoms with Crippen LogP contribution >= 0.6 is 11.3 Å². The Bertz CT molecular complexity index is 560. The molecule has 1 saturated heterocycles. The summed E-state index contributed by atoms with van der Waals surface area (Å²) in [4.78, 5) is 10.7. The third-order valence-corrected chi connectivity index (χ3v) is 4.84. The second kappa shape index (κ2) is 5.11. The van der Waals surface area contributed by atoms with Gasteiger partial charge >= 0.3 is 0 Å². The lowest BCUT2D eigenvalue weighted by molar-refractivity contribution is 0.213. The van der Waals surface area contributed by atoms with Crippen molar-refractivity contribution < 1.29 is 0 Å². The van der Waals surface area contributed by atoms with E-state index in [1.54, 1.807) is 11.3 Å². The molecule has 1 fully saturated rings. The van der Waals surface area contributed by atoms with Crippen molar-refractivity contribution in [1.82, 2.24) is 14.3 Å².